The maximum atomic E-state index is 10.1. The number of hydrogen-bond acceptors (Lipinski definition) is 2. The predicted molar refractivity (Wildman–Crippen MR) is 58.5 cm³/mol. The molecule has 0 amide bonds. The molecule has 0 aliphatic carbocycles. The average molecular weight is 206 g/mol. The van der Waals surface area contributed by atoms with Crippen molar-refractivity contribution in [2.24, 2.45) is 0 Å². The Bertz CT molecular complexity index is 317. The fourth-order valence-electron chi connectivity index (χ4n) is 1.09. The van der Waals surface area contributed by atoms with Crippen LogP contribution in [0.5, 0.6) is 0 Å². The SMILES string of the molecule is O=C(O)COCC/C=C/c1ccccc1. The number of benzene rings is 1. The molecule has 0 heterocycles. The van der Waals surface area contributed by atoms with Gasteiger partial charge in [-0.3, -0.25) is 0 Å². The number of carboxylic acid groups (broad SMARTS) is 1. The Hall–Kier alpha value is -1.61. The highest BCUT2D eigenvalue weighted by atomic mass is 16.5. The molecule has 1 aromatic carbocycles. The number of rotatable bonds is 6. The van der Waals surface area contributed by atoms with Crippen molar-refractivity contribution in [2.45, 2.75) is 6.42 Å². The van der Waals surface area contributed by atoms with Crippen LogP contribution in [-0.2, 0) is 9.53 Å². The zero-order valence-corrected chi connectivity index (χ0v) is 8.43. The molecule has 0 saturated carbocycles. The minimum atomic E-state index is -0.929. The molecule has 3 nitrogen and oxygen atoms in total. The molecular formula is C12H14O3. The van der Waals surface area contributed by atoms with E-state index in [1.54, 1.807) is 0 Å². The maximum Gasteiger partial charge on any atom is 0.329 e. The van der Waals surface area contributed by atoms with E-state index >= 15 is 0 Å². The lowest BCUT2D eigenvalue weighted by molar-refractivity contribution is -0.142. The maximum absolute atomic E-state index is 10.1. The molecule has 0 unspecified atom stereocenters. The fraction of sp³-hybridized carbons (Fsp3) is 0.250. The molecule has 1 rings (SSSR count). The molecule has 0 spiro atoms. The standard InChI is InChI=1S/C12H14O3/c13-12(14)10-15-9-5-4-8-11-6-2-1-3-7-11/h1-4,6-8H,5,9-10H2,(H,13,14)/b8-4+. The number of ether oxygens (including phenoxy) is 1. The summed E-state index contributed by atoms with van der Waals surface area (Å²) in [5.74, 6) is -0.929. The molecule has 1 N–H and O–H groups in total. The van der Waals surface area contributed by atoms with Crippen LogP contribution in [0.3, 0.4) is 0 Å². The molecule has 1 aromatic rings. The van der Waals surface area contributed by atoms with Gasteiger partial charge in [0.15, 0.2) is 0 Å². The second-order valence-corrected chi connectivity index (χ2v) is 3.05. The lowest BCUT2D eigenvalue weighted by atomic mass is 10.2. The summed E-state index contributed by atoms with van der Waals surface area (Å²) in [5.41, 5.74) is 1.13. The first kappa shape index (κ1) is 11.5. The Morgan fingerprint density at radius 3 is 2.73 bits per heavy atom. The highest BCUT2D eigenvalue weighted by Gasteiger charge is 1.93. The van der Waals surface area contributed by atoms with Crippen LogP contribution in [0, 0.1) is 0 Å². The monoisotopic (exact) mass is 206 g/mol. The summed E-state index contributed by atoms with van der Waals surface area (Å²) in [6, 6.07) is 9.93. The van der Waals surface area contributed by atoms with E-state index in [4.69, 9.17) is 9.84 Å². The molecule has 0 aliphatic heterocycles. The Balaban J connectivity index is 2.15. The molecule has 0 aliphatic rings. The van der Waals surface area contributed by atoms with Gasteiger partial charge in [-0.05, 0) is 12.0 Å². The Morgan fingerprint density at radius 1 is 1.33 bits per heavy atom. The zero-order chi connectivity index (χ0) is 10.9. The van der Waals surface area contributed by atoms with Gasteiger partial charge in [-0.25, -0.2) is 4.79 Å². The van der Waals surface area contributed by atoms with E-state index < -0.39 is 5.97 Å². The fourth-order valence-corrected chi connectivity index (χ4v) is 1.09. The molecule has 0 radical (unpaired) electrons. The number of carboxylic acids is 1. The summed E-state index contributed by atoms with van der Waals surface area (Å²) in [5, 5.41) is 8.30. The highest BCUT2D eigenvalue weighted by Crippen LogP contribution is 2.01. The van der Waals surface area contributed by atoms with E-state index in [9.17, 15) is 4.79 Å². The number of carbonyl (C=O) groups is 1. The van der Waals surface area contributed by atoms with E-state index in [-0.39, 0.29) is 6.61 Å². The molecular weight excluding hydrogens is 192 g/mol. The number of aliphatic carboxylic acids is 1. The topological polar surface area (TPSA) is 46.5 Å². The summed E-state index contributed by atoms with van der Waals surface area (Å²) < 4.78 is 4.88. The molecule has 0 fully saturated rings. The van der Waals surface area contributed by atoms with Crippen LogP contribution in [0.1, 0.15) is 12.0 Å². The lowest BCUT2D eigenvalue weighted by Crippen LogP contribution is -2.07. The van der Waals surface area contributed by atoms with Gasteiger partial charge in [-0.2, -0.15) is 0 Å². The van der Waals surface area contributed by atoms with Gasteiger partial charge in [0, 0.05) is 0 Å². The van der Waals surface area contributed by atoms with Crippen molar-refractivity contribution in [3.63, 3.8) is 0 Å². The Labute approximate surface area is 89.0 Å². The highest BCUT2D eigenvalue weighted by molar-refractivity contribution is 5.67. The lowest BCUT2D eigenvalue weighted by Gasteiger charge is -1.96. The minimum Gasteiger partial charge on any atom is -0.480 e. The van der Waals surface area contributed by atoms with E-state index in [1.165, 1.54) is 0 Å². The quantitative estimate of drug-likeness (QED) is 0.726. The van der Waals surface area contributed by atoms with Crippen LogP contribution in [0.25, 0.3) is 6.08 Å². The van der Waals surface area contributed by atoms with Crippen molar-refractivity contribution in [3.05, 3.63) is 42.0 Å². The van der Waals surface area contributed by atoms with Gasteiger partial charge in [0.2, 0.25) is 0 Å². The largest absolute Gasteiger partial charge is 0.480 e. The van der Waals surface area contributed by atoms with Crippen LogP contribution in [0.4, 0.5) is 0 Å². The van der Waals surface area contributed by atoms with Crippen LogP contribution >= 0.6 is 0 Å². The smallest absolute Gasteiger partial charge is 0.329 e. The van der Waals surface area contributed by atoms with Gasteiger partial charge >= 0.3 is 5.97 Å². The molecule has 0 atom stereocenters. The molecule has 3 heteroatoms. The summed E-state index contributed by atoms with van der Waals surface area (Å²) in [6.45, 7) is 0.217. The Morgan fingerprint density at radius 2 is 2.07 bits per heavy atom. The summed E-state index contributed by atoms with van der Waals surface area (Å²) >= 11 is 0. The third-order valence-electron chi connectivity index (χ3n) is 1.76. The van der Waals surface area contributed by atoms with Crippen molar-refractivity contribution >= 4 is 12.0 Å². The van der Waals surface area contributed by atoms with Crippen LogP contribution < -0.4 is 0 Å². The molecule has 0 bridgehead atoms. The zero-order valence-electron chi connectivity index (χ0n) is 8.43. The average Bonchev–Trinajstić information content (AvgIpc) is 2.24. The van der Waals surface area contributed by atoms with Crippen molar-refractivity contribution in [1.82, 2.24) is 0 Å². The first-order valence-electron chi connectivity index (χ1n) is 4.80. The van der Waals surface area contributed by atoms with E-state index in [1.807, 2.05) is 42.5 Å². The molecule has 15 heavy (non-hydrogen) atoms. The first-order valence-corrected chi connectivity index (χ1v) is 4.80. The van der Waals surface area contributed by atoms with Crippen molar-refractivity contribution in [1.29, 1.82) is 0 Å². The third-order valence-corrected chi connectivity index (χ3v) is 1.76. The molecule has 80 valence electrons. The van der Waals surface area contributed by atoms with Crippen LogP contribution in [0.2, 0.25) is 0 Å². The molecule has 0 aromatic heterocycles. The van der Waals surface area contributed by atoms with Gasteiger partial charge in [-0.1, -0.05) is 42.5 Å². The number of hydrogen-bond donors (Lipinski definition) is 1. The van der Waals surface area contributed by atoms with Crippen LogP contribution in [-0.4, -0.2) is 24.3 Å². The second kappa shape index (κ2) is 6.79. The summed E-state index contributed by atoms with van der Waals surface area (Å²) in [6.07, 6.45) is 4.68. The summed E-state index contributed by atoms with van der Waals surface area (Å²) in [4.78, 5) is 10.1. The predicted octanol–water partition coefficient (Wildman–Crippen LogP) is 2.19. The van der Waals surface area contributed by atoms with E-state index in [2.05, 4.69) is 0 Å². The van der Waals surface area contributed by atoms with E-state index in [0.29, 0.717) is 6.61 Å². The van der Waals surface area contributed by atoms with Crippen molar-refractivity contribution in [2.75, 3.05) is 13.2 Å². The van der Waals surface area contributed by atoms with Gasteiger partial charge in [-0.15, -0.1) is 0 Å². The van der Waals surface area contributed by atoms with Crippen LogP contribution in [0.15, 0.2) is 36.4 Å². The van der Waals surface area contributed by atoms with E-state index in [0.717, 1.165) is 12.0 Å². The minimum absolute atomic E-state index is 0.223. The first-order chi connectivity index (χ1) is 7.29. The van der Waals surface area contributed by atoms with Gasteiger partial charge < -0.3 is 9.84 Å². The van der Waals surface area contributed by atoms with Crippen molar-refractivity contribution in [3.8, 4) is 0 Å². The van der Waals surface area contributed by atoms with Gasteiger partial charge in [0.1, 0.15) is 6.61 Å². The summed E-state index contributed by atoms with van der Waals surface area (Å²) in [7, 11) is 0. The van der Waals surface area contributed by atoms with Gasteiger partial charge in [0.25, 0.3) is 0 Å². The Kier molecular flexibility index (Phi) is 5.19. The molecule has 0 saturated heterocycles. The normalized spacial score (nSPS) is 10.7. The second-order valence-electron chi connectivity index (χ2n) is 3.05. The third kappa shape index (κ3) is 5.65. The van der Waals surface area contributed by atoms with Crippen molar-refractivity contribution < 1.29 is 14.6 Å². The van der Waals surface area contributed by atoms with Gasteiger partial charge in [0.05, 0.1) is 6.61 Å².